The van der Waals surface area contributed by atoms with Gasteiger partial charge in [-0.15, -0.1) is 0 Å². The van der Waals surface area contributed by atoms with Crippen LogP contribution in [-0.4, -0.2) is 76.7 Å². The fourth-order valence-electron chi connectivity index (χ4n) is 4.63. The maximum Gasteiger partial charge on any atom is 0.415 e. The molecule has 1 atom stereocenters. The van der Waals surface area contributed by atoms with Gasteiger partial charge in [0.15, 0.2) is 5.82 Å². The summed E-state index contributed by atoms with van der Waals surface area (Å²) < 4.78 is 5.46. The summed E-state index contributed by atoms with van der Waals surface area (Å²) in [6.45, 7) is 11.0. The summed E-state index contributed by atoms with van der Waals surface area (Å²) >= 11 is 0. The molecule has 2 aromatic rings. The molecule has 218 valence electrons. The Balaban J connectivity index is 1.83. The molecule has 1 saturated heterocycles. The van der Waals surface area contributed by atoms with Crippen molar-refractivity contribution in [2.75, 3.05) is 47.8 Å². The second-order valence-electron chi connectivity index (χ2n) is 9.76. The van der Waals surface area contributed by atoms with Crippen LogP contribution in [0.3, 0.4) is 0 Å². The number of hydrogen-bond acceptors (Lipinski definition) is 8. The molecule has 0 unspecified atom stereocenters. The van der Waals surface area contributed by atoms with Crippen LogP contribution in [0.4, 0.5) is 22.2 Å². The Bertz CT molecular complexity index is 1130. The van der Waals surface area contributed by atoms with Crippen molar-refractivity contribution in [3.8, 4) is 5.75 Å². The minimum Gasteiger partial charge on any atom is -0.480 e. The Hall–Kier alpha value is -3.89. The topological polar surface area (TPSA) is 128 Å². The predicted molar refractivity (Wildman–Crippen MR) is 155 cm³/mol. The molecule has 0 saturated carbocycles. The van der Waals surface area contributed by atoms with Gasteiger partial charge in [0.05, 0.1) is 6.20 Å². The molecular formula is C29H42N6O5. The first-order valence-electron chi connectivity index (χ1n) is 14.3. The van der Waals surface area contributed by atoms with Crippen LogP contribution in [-0.2, 0) is 16.0 Å². The van der Waals surface area contributed by atoms with Gasteiger partial charge in [0.2, 0.25) is 11.9 Å². The lowest BCUT2D eigenvalue weighted by Gasteiger charge is -2.27. The highest BCUT2D eigenvalue weighted by Gasteiger charge is 2.25. The second-order valence-corrected chi connectivity index (χ2v) is 9.76. The van der Waals surface area contributed by atoms with Crippen LogP contribution in [0, 0.1) is 0 Å². The van der Waals surface area contributed by atoms with E-state index in [9.17, 15) is 19.5 Å². The molecule has 1 aliphatic rings. The van der Waals surface area contributed by atoms with Crippen LogP contribution in [0.2, 0.25) is 0 Å². The second kappa shape index (κ2) is 15.0. The third-order valence-electron chi connectivity index (χ3n) is 7.00. The summed E-state index contributed by atoms with van der Waals surface area (Å²) in [5, 5.41) is 13.2. The molecule has 40 heavy (non-hydrogen) atoms. The monoisotopic (exact) mass is 554 g/mol. The van der Waals surface area contributed by atoms with Crippen molar-refractivity contribution in [1.82, 2.24) is 14.9 Å². The standard InChI is InChI=1S/C29H42N6O5/c1-5-9-12-25(36)35(8-4)24-20-30-28(33(6-2)7-3)32-26(24)31-23(27(37)38)19-21-13-15-22(16-14-21)40-29(39)34-17-10-11-18-34/h13-16,20,23H,5-12,17-19H2,1-4H3,(H,37,38)(H,30,31,32)/t23-/m0/s1. The number of unbranched alkanes of at least 4 members (excludes halogenated alkanes) is 1. The van der Waals surface area contributed by atoms with E-state index in [4.69, 9.17) is 4.74 Å². The van der Waals surface area contributed by atoms with Crippen LogP contribution in [0.1, 0.15) is 65.4 Å². The summed E-state index contributed by atoms with van der Waals surface area (Å²) in [7, 11) is 0. The van der Waals surface area contributed by atoms with E-state index in [0.29, 0.717) is 62.3 Å². The number of likely N-dealkylation sites (tertiary alicyclic amines) is 1. The van der Waals surface area contributed by atoms with Gasteiger partial charge in [0.25, 0.3) is 0 Å². The number of hydrogen-bond donors (Lipinski definition) is 2. The number of benzene rings is 1. The molecular weight excluding hydrogens is 512 g/mol. The van der Waals surface area contributed by atoms with Gasteiger partial charge in [-0.25, -0.2) is 14.6 Å². The molecule has 0 radical (unpaired) electrons. The zero-order valence-corrected chi connectivity index (χ0v) is 24.1. The molecule has 1 aromatic carbocycles. The normalized spacial score (nSPS) is 13.6. The van der Waals surface area contributed by atoms with Gasteiger partial charge in [0.1, 0.15) is 17.5 Å². The molecule has 2 amide bonds. The van der Waals surface area contributed by atoms with Crippen molar-refractivity contribution in [3.63, 3.8) is 0 Å². The average Bonchev–Trinajstić information content (AvgIpc) is 3.50. The van der Waals surface area contributed by atoms with E-state index >= 15 is 0 Å². The Kier molecular flexibility index (Phi) is 11.5. The highest BCUT2D eigenvalue weighted by Crippen LogP contribution is 2.28. The number of aliphatic carboxylic acids is 1. The fourth-order valence-corrected chi connectivity index (χ4v) is 4.63. The summed E-state index contributed by atoms with van der Waals surface area (Å²) in [4.78, 5) is 52.0. The Morgan fingerprint density at radius 1 is 1.05 bits per heavy atom. The van der Waals surface area contributed by atoms with Crippen LogP contribution in [0.15, 0.2) is 30.5 Å². The van der Waals surface area contributed by atoms with Gasteiger partial charge in [-0.1, -0.05) is 25.5 Å². The van der Waals surface area contributed by atoms with Crippen LogP contribution in [0.25, 0.3) is 0 Å². The molecule has 1 aliphatic heterocycles. The maximum absolute atomic E-state index is 13.0. The van der Waals surface area contributed by atoms with Crippen molar-refractivity contribution >= 4 is 35.4 Å². The van der Waals surface area contributed by atoms with Crippen molar-refractivity contribution < 1.29 is 24.2 Å². The smallest absolute Gasteiger partial charge is 0.415 e. The first-order valence-corrected chi connectivity index (χ1v) is 14.3. The summed E-state index contributed by atoms with van der Waals surface area (Å²) in [6, 6.07) is 5.81. The molecule has 11 nitrogen and oxygen atoms in total. The largest absolute Gasteiger partial charge is 0.480 e. The molecule has 3 rings (SSSR count). The predicted octanol–water partition coefficient (Wildman–Crippen LogP) is 4.57. The van der Waals surface area contributed by atoms with Crippen molar-refractivity contribution in [2.24, 2.45) is 0 Å². The average molecular weight is 555 g/mol. The molecule has 1 aromatic heterocycles. The first kappa shape index (κ1) is 30.6. The number of nitrogens with zero attached hydrogens (tertiary/aromatic N) is 5. The number of anilines is 3. The lowest BCUT2D eigenvalue weighted by atomic mass is 10.1. The number of amides is 2. The number of carbonyl (C=O) groups excluding carboxylic acids is 2. The Morgan fingerprint density at radius 3 is 2.30 bits per heavy atom. The molecule has 0 aliphatic carbocycles. The summed E-state index contributed by atoms with van der Waals surface area (Å²) in [6.07, 6.45) is 5.37. The van der Waals surface area contributed by atoms with Crippen molar-refractivity contribution in [3.05, 3.63) is 36.0 Å². The van der Waals surface area contributed by atoms with Gasteiger partial charge >= 0.3 is 12.1 Å². The van der Waals surface area contributed by atoms with Crippen molar-refractivity contribution in [1.29, 1.82) is 0 Å². The molecule has 2 heterocycles. The van der Waals surface area contributed by atoms with Gasteiger partial charge in [-0.05, 0) is 57.7 Å². The zero-order chi connectivity index (χ0) is 29.1. The van der Waals surface area contributed by atoms with Gasteiger partial charge in [0, 0.05) is 45.6 Å². The minimum absolute atomic E-state index is 0.0578. The van der Waals surface area contributed by atoms with Gasteiger partial charge in [-0.2, -0.15) is 4.98 Å². The zero-order valence-electron chi connectivity index (χ0n) is 24.1. The maximum atomic E-state index is 13.0. The third kappa shape index (κ3) is 8.06. The number of carboxylic acids is 1. The summed E-state index contributed by atoms with van der Waals surface area (Å²) in [5.41, 5.74) is 1.20. The molecule has 0 bridgehead atoms. The minimum atomic E-state index is -1.06. The van der Waals surface area contributed by atoms with Crippen LogP contribution in [0.5, 0.6) is 5.75 Å². The number of nitrogens with one attached hydrogen (secondary N) is 1. The number of aromatic nitrogens is 2. The van der Waals surface area contributed by atoms with Crippen LogP contribution < -0.4 is 19.9 Å². The van der Waals surface area contributed by atoms with E-state index in [1.807, 2.05) is 32.6 Å². The molecule has 0 spiro atoms. The van der Waals surface area contributed by atoms with Gasteiger partial charge in [-0.3, -0.25) is 4.79 Å². The lowest BCUT2D eigenvalue weighted by Crippen LogP contribution is -2.36. The van der Waals surface area contributed by atoms with E-state index in [2.05, 4.69) is 15.3 Å². The number of carbonyl (C=O) groups is 3. The number of carboxylic acid groups (broad SMARTS) is 1. The third-order valence-corrected chi connectivity index (χ3v) is 7.00. The van der Waals surface area contributed by atoms with Crippen LogP contribution >= 0.6 is 0 Å². The quantitative estimate of drug-likeness (QED) is 0.345. The SMILES string of the molecule is CCCCC(=O)N(CC)c1cnc(N(CC)CC)nc1N[C@@H](Cc1ccc(OC(=O)N2CCCC2)cc1)C(=O)O. The number of rotatable bonds is 14. The highest BCUT2D eigenvalue weighted by molar-refractivity contribution is 5.96. The summed E-state index contributed by atoms with van der Waals surface area (Å²) in [5.74, 6) is 0.0526. The first-order chi connectivity index (χ1) is 19.3. The highest BCUT2D eigenvalue weighted by atomic mass is 16.6. The van der Waals surface area contributed by atoms with Gasteiger partial charge < -0.3 is 29.9 Å². The van der Waals surface area contributed by atoms with E-state index in [0.717, 1.165) is 31.2 Å². The van der Waals surface area contributed by atoms with E-state index in [1.54, 1.807) is 40.3 Å². The van der Waals surface area contributed by atoms with E-state index < -0.39 is 12.0 Å². The molecule has 11 heteroatoms. The number of ether oxygens (including phenoxy) is 1. The van der Waals surface area contributed by atoms with Crippen molar-refractivity contribution in [2.45, 2.75) is 72.3 Å². The van der Waals surface area contributed by atoms with E-state index in [-0.39, 0.29) is 18.4 Å². The fraction of sp³-hybridized carbons (Fsp3) is 0.552. The lowest BCUT2D eigenvalue weighted by molar-refractivity contribution is -0.137. The molecule has 1 fully saturated rings. The Morgan fingerprint density at radius 2 is 1.73 bits per heavy atom. The van der Waals surface area contributed by atoms with E-state index in [1.165, 1.54) is 0 Å². The molecule has 2 N–H and O–H groups in total. The Labute approximate surface area is 236 Å².